The zero-order valence-electron chi connectivity index (χ0n) is 15.8. The molecule has 0 aromatic heterocycles. The standard InChI is InChI=1S/C21H28FNO3/c1-21(2,3)26-20(25)23-17-5-4-6-18(23)13-15(12-17)19(24)11-14-7-9-16(22)10-8-14/h7-10,15,17-18H,4-6,11-13H2,1-3H3. The molecule has 1 aromatic carbocycles. The summed E-state index contributed by atoms with van der Waals surface area (Å²) in [6.45, 7) is 5.62. The molecule has 0 N–H and O–H groups in total. The van der Waals surface area contributed by atoms with Gasteiger partial charge in [0.1, 0.15) is 17.2 Å². The number of ketones is 1. The van der Waals surface area contributed by atoms with Crippen LogP contribution in [0.1, 0.15) is 58.4 Å². The topological polar surface area (TPSA) is 46.6 Å². The van der Waals surface area contributed by atoms with Crippen molar-refractivity contribution in [2.45, 2.75) is 77.0 Å². The first-order chi connectivity index (χ1) is 12.2. The van der Waals surface area contributed by atoms with E-state index in [9.17, 15) is 14.0 Å². The highest BCUT2D eigenvalue weighted by atomic mass is 19.1. The molecular weight excluding hydrogens is 333 g/mol. The summed E-state index contributed by atoms with van der Waals surface area (Å²) in [7, 11) is 0. The molecule has 2 saturated heterocycles. The molecule has 142 valence electrons. The van der Waals surface area contributed by atoms with Crippen molar-refractivity contribution in [3.8, 4) is 0 Å². The third kappa shape index (κ3) is 4.43. The van der Waals surface area contributed by atoms with Crippen LogP contribution in [0.4, 0.5) is 9.18 Å². The predicted octanol–water partition coefficient (Wildman–Crippen LogP) is 4.51. The van der Waals surface area contributed by atoms with Crippen LogP contribution in [0.15, 0.2) is 24.3 Å². The minimum Gasteiger partial charge on any atom is -0.444 e. The van der Waals surface area contributed by atoms with E-state index in [0.29, 0.717) is 19.3 Å². The van der Waals surface area contributed by atoms with Crippen LogP contribution in [-0.4, -0.2) is 34.5 Å². The number of rotatable bonds is 3. The molecule has 1 aromatic rings. The lowest BCUT2D eigenvalue weighted by Gasteiger charge is -2.48. The lowest BCUT2D eigenvalue weighted by atomic mass is 9.76. The highest BCUT2D eigenvalue weighted by Gasteiger charge is 2.44. The number of carbonyl (C=O) groups is 2. The van der Waals surface area contributed by atoms with E-state index in [-0.39, 0.29) is 35.7 Å². The van der Waals surface area contributed by atoms with Crippen LogP contribution in [0.5, 0.6) is 0 Å². The number of ether oxygens (including phenoxy) is 1. The molecule has 0 saturated carbocycles. The minimum atomic E-state index is -0.513. The van der Waals surface area contributed by atoms with E-state index in [4.69, 9.17) is 4.74 Å². The van der Waals surface area contributed by atoms with Gasteiger partial charge < -0.3 is 9.64 Å². The van der Waals surface area contributed by atoms with Gasteiger partial charge >= 0.3 is 6.09 Å². The zero-order chi connectivity index (χ0) is 18.9. The van der Waals surface area contributed by atoms with Crippen molar-refractivity contribution >= 4 is 11.9 Å². The van der Waals surface area contributed by atoms with Crippen molar-refractivity contribution in [1.82, 2.24) is 4.90 Å². The fourth-order valence-electron chi connectivity index (χ4n) is 4.20. The molecule has 4 nitrogen and oxygen atoms in total. The van der Waals surface area contributed by atoms with Crippen molar-refractivity contribution in [3.63, 3.8) is 0 Å². The largest absolute Gasteiger partial charge is 0.444 e. The molecule has 2 heterocycles. The summed E-state index contributed by atoms with van der Waals surface area (Å²) in [5.74, 6) is -0.132. The van der Waals surface area contributed by atoms with Gasteiger partial charge in [-0.3, -0.25) is 4.79 Å². The van der Waals surface area contributed by atoms with Crippen LogP contribution in [0.25, 0.3) is 0 Å². The van der Waals surface area contributed by atoms with Gasteiger partial charge in [0.25, 0.3) is 0 Å². The minimum absolute atomic E-state index is 0.0333. The van der Waals surface area contributed by atoms with E-state index in [1.807, 2.05) is 25.7 Å². The van der Waals surface area contributed by atoms with Crippen LogP contribution in [0.3, 0.4) is 0 Å². The quantitative estimate of drug-likeness (QED) is 0.796. The molecule has 2 unspecified atom stereocenters. The number of amides is 1. The summed E-state index contributed by atoms with van der Waals surface area (Å²) in [5.41, 5.74) is 0.330. The molecule has 0 radical (unpaired) electrons. The maximum atomic E-state index is 13.0. The van der Waals surface area contributed by atoms with E-state index in [1.54, 1.807) is 12.1 Å². The molecule has 5 heteroatoms. The molecule has 26 heavy (non-hydrogen) atoms. The molecular formula is C21H28FNO3. The highest BCUT2D eigenvalue weighted by Crippen LogP contribution is 2.38. The van der Waals surface area contributed by atoms with E-state index < -0.39 is 5.60 Å². The monoisotopic (exact) mass is 361 g/mol. The Hall–Kier alpha value is -1.91. The lowest BCUT2D eigenvalue weighted by Crippen LogP contribution is -2.56. The van der Waals surface area contributed by atoms with Crippen LogP contribution in [0.2, 0.25) is 0 Å². The Kier molecular flexibility index (Phi) is 5.35. The molecule has 3 rings (SSSR count). The first-order valence-corrected chi connectivity index (χ1v) is 9.51. The molecule has 0 aliphatic carbocycles. The number of hydrogen-bond donors (Lipinski definition) is 0. The first kappa shape index (κ1) is 18.9. The maximum Gasteiger partial charge on any atom is 0.410 e. The van der Waals surface area contributed by atoms with Crippen molar-refractivity contribution in [1.29, 1.82) is 0 Å². The van der Waals surface area contributed by atoms with Crippen molar-refractivity contribution in [2.75, 3.05) is 0 Å². The van der Waals surface area contributed by atoms with Gasteiger partial charge in [0.05, 0.1) is 0 Å². The number of benzene rings is 1. The second-order valence-corrected chi connectivity index (χ2v) is 8.56. The molecule has 2 atom stereocenters. The Labute approximate surface area is 154 Å². The summed E-state index contributed by atoms with van der Waals surface area (Å²) in [4.78, 5) is 27.3. The lowest BCUT2D eigenvalue weighted by molar-refractivity contribution is -0.126. The fraction of sp³-hybridized carbons (Fsp3) is 0.619. The molecule has 2 aliphatic heterocycles. The number of piperidine rings is 2. The van der Waals surface area contributed by atoms with Gasteiger partial charge in [0, 0.05) is 24.4 Å². The smallest absolute Gasteiger partial charge is 0.410 e. The summed E-state index contributed by atoms with van der Waals surface area (Å²) in [6.07, 6.45) is 4.43. The fourth-order valence-corrected chi connectivity index (χ4v) is 4.20. The van der Waals surface area contributed by atoms with Crippen molar-refractivity contribution in [2.24, 2.45) is 5.92 Å². The van der Waals surface area contributed by atoms with Gasteiger partial charge in [-0.25, -0.2) is 9.18 Å². The van der Waals surface area contributed by atoms with Crippen molar-refractivity contribution in [3.05, 3.63) is 35.6 Å². The zero-order valence-corrected chi connectivity index (χ0v) is 15.8. The van der Waals surface area contributed by atoms with E-state index in [0.717, 1.165) is 24.8 Å². The first-order valence-electron chi connectivity index (χ1n) is 9.51. The molecule has 1 amide bonds. The van der Waals surface area contributed by atoms with Gasteiger partial charge in [0.15, 0.2) is 0 Å². The number of hydrogen-bond acceptors (Lipinski definition) is 3. The third-order valence-corrected chi connectivity index (χ3v) is 5.33. The molecule has 2 aliphatic rings. The van der Waals surface area contributed by atoms with Gasteiger partial charge in [-0.05, 0) is 70.6 Å². The third-order valence-electron chi connectivity index (χ3n) is 5.33. The molecule has 2 fully saturated rings. The Balaban J connectivity index is 1.66. The number of fused-ring (bicyclic) bond motifs is 2. The average Bonchev–Trinajstić information content (AvgIpc) is 2.54. The second kappa shape index (κ2) is 7.37. The van der Waals surface area contributed by atoms with Crippen LogP contribution < -0.4 is 0 Å². The normalized spacial score (nSPS) is 25.7. The van der Waals surface area contributed by atoms with E-state index in [2.05, 4.69) is 0 Å². The number of carbonyl (C=O) groups excluding carboxylic acids is 2. The van der Waals surface area contributed by atoms with Crippen LogP contribution in [-0.2, 0) is 16.0 Å². The molecule has 2 bridgehead atoms. The summed E-state index contributed by atoms with van der Waals surface area (Å²) in [6, 6.07) is 6.29. The Morgan fingerprint density at radius 2 is 1.69 bits per heavy atom. The van der Waals surface area contributed by atoms with E-state index >= 15 is 0 Å². The number of halogens is 1. The number of Topliss-reactive ketones (excluding diaryl/α,β-unsaturated/α-hetero) is 1. The summed E-state index contributed by atoms with van der Waals surface area (Å²) >= 11 is 0. The van der Waals surface area contributed by atoms with E-state index in [1.165, 1.54) is 12.1 Å². The van der Waals surface area contributed by atoms with Gasteiger partial charge in [0.2, 0.25) is 0 Å². The van der Waals surface area contributed by atoms with Crippen LogP contribution >= 0.6 is 0 Å². The van der Waals surface area contributed by atoms with Gasteiger partial charge in [-0.2, -0.15) is 0 Å². The van der Waals surface area contributed by atoms with Gasteiger partial charge in [-0.15, -0.1) is 0 Å². The predicted molar refractivity (Wildman–Crippen MR) is 97.3 cm³/mol. The van der Waals surface area contributed by atoms with Gasteiger partial charge in [-0.1, -0.05) is 12.1 Å². The maximum absolute atomic E-state index is 13.0. The Bertz CT molecular complexity index is 651. The van der Waals surface area contributed by atoms with Crippen LogP contribution in [0, 0.1) is 11.7 Å². The highest BCUT2D eigenvalue weighted by molar-refractivity contribution is 5.84. The Morgan fingerprint density at radius 1 is 1.12 bits per heavy atom. The SMILES string of the molecule is CC(C)(C)OC(=O)N1C2CCCC1CC(C(=O)Cc1ccc(F)cc1)C2. The summed E-state index contributed by atoms with van der Waals surface area (Å²) in [5, 5.41) is 0. The average molecular weight is 361 g/mol. The summed E-state index contributed by atoms with van der Waals surface area (Å²) < 4.78 is 18.6. The molecule has 0 spiro atoms. The Morgan fingerprint density at radius 3 is 2.23 bits per heavy atom. The number of nitrogens with zero attached hydrogens (tertiary/aromatic N) is 1. The second-order valence-electron chi connectivity index (χ2n) is 8.56. The van der Waals surface area contributed by atoms with Crippen molar-refractivity contribution < 1.29 is 18.7 Å².